The predicted octanol–water partition coefficient (Wildman–Crippen LogP) is 0.978. The average molecular weight is 235 g/mol. The van der Waals surface area contributed by atoms with Gasteiger partial charge < -0.3 is 15.4 Å². The Morgan fingerprint density at radius 1 is 1.65 bits per heavy atom. The van der Waals surface area contributed by atoms with Gasteiger partial charge in [0.25, 0.3) is 0 Å². The number of carbonyl (C=O) groups excluding carboxylic acids is 1. The van der Waals surface area contributed by atoms with Crippen molar-refractivity contribution in [2.24, 2.45) is 0 Å². The first-order valence-electron chi connectivity index (χ1n) is 5.77. The molecule has 0 aromatic carbocycles. The number of aromatic nitrogens is 1. The monoisotopic (exact) mass is 235 g/mol. The Morgan fingerprint density at radius 2 is 2.53 bits per heavy atom. The van der Waals surface area contributed by atoms with Crippen molar-refractivity contribution in [3.05, 3.63) is 29.6 Å². The maximum absolute atomic E-state index is 11.6. The average Bonchev–Trinajstić information content (AvgIpc) is 2.81. The van der Waals surface area contributed by atoms with Crippen molar-refractivity contribution in [2.45, 2.75) is 25.9 Å². The molecule has 1 aliphatic rings. The topological polar surface area (TPSA) is 63.2 Å². The predicted molar refractivity (Wildman–Crippen MR) is 63.6 cm³/mol. The summed E-state index contributed by atoms with van der Waals surface area (Å²) in [5.41, 5.74) is 2.16. The number of urea groups is 1. The van der Waals surface area contributed by atoms with Crippen molar-refractivity contribution < 1.29 is 9.53 Å². The molecule has 2 rings (SSSR count). The van der Waals surface area contributed by atoms with Crippen LogP contribution >= 0.6 is 0 Å². The number of rotatable bonds is 3. The summed E-state index contributed by atoms with van der Waals surface area (Å²) in [7, 11) is 0. The fourth-order valence-corrected chi connectivity index (χ4v) is 1.76. The van der Waals surface area contributed by atoms with E-state index in [2.05, 4.69) is 15.6 Å². The molecule has 1 saturated heterocycles. The molecule has 5 heteroatoms. The van der Waals surface area contributed by atoms with E-state index in [0.29, 0.717) is 13.2 Å². The fraction of sp³-hybridized carbons (Fsp3) is 0.500. The zero-order valence-electron chi connectivity index (χ0n) is 9.90. The molecule has 5 nitrogen and oxygen atoms in total. The Balaban J connectivity index is 1.77. The van der Waals surface area contributed by atoms with Crippen LogP contribution in [0.3, 0.4) is 0 Å². The maximum atomic E-state index is 11.6. The molecule has 92 valence electrons. The van der Waals surface area contributed by atoms with E-state index >= 15 is 0 Å². The minimum absolute atomic E-state index is 0.142. The third-order valence-corrected chi connectivity index (χ3v) is 2.84. The van der Waals surface area contributed by atoms with Gasteiger partial charge in [-0.15, -0.1) is 0 Å². The van der Waals surface area contributed by atoms with Gasteiger partial charge in [0.2, 0.25) is 0 Å². The highest BCUT2D eigenvalue weighted by atomic mass is 16.5. The molecular formula is C12H17N3O2. The lowest BCUT2D eigenvalue weighted by Gasteiger charge is -2.12. The summed E-state index contributed by atoms with van der Waals surface area (Å²) in [6, 6.07) is 1.92. The highest BCUT2D eigenvalue weighted by Gasteiger charge is 2.17. The molecule has 1 unspecified atom stereocenters. The van der Waals surface area contributed by atoms with Gasteiger partial charge in [0, 0.05) is 25.5 Å². The Labute approximate surface area is 101 Å². The lowest BCUT2D eigenvalue weighted by atomic mass is 10.1. The van der Waals surface area contributed by atoms with Crippen molar-refractivity contribution in [3.63, 3.8) is 0 Å². The number of aryl methyl sites for hydroxylation is 1. The lowest BCUT2D eigenvalue weighted by Crippen LogP contribution is -2.42. The van der Waals surface area contributed by atoms with Crippen molar-refractivity contribution in [2.75, 3.05) is 13.2 Å². The first-order valence-corrected chi connectivity index (χ1v) is 5.77. The molecule has 0 aliphatic carbocycles. The second kappa shape index (κ2) is 5.63. The molecule has 2 amide bonds. The quantitative estimate of drug-likeness (QED) is 0.820. The van der Waals surface area contributed by atoms with E-state index in [-0.39, 0.29) is 12.1 Å². The minimum Gasteiger partial charge on any atom is -0.379 e. The molecule has 2 N–H and O–H groups in total. The zero-order chi connectivity index (χ0) is 12.1. The van der Waals surface area contributed by atoms with E-state index in [0.717, 1.165) is 24.2 Å². The normalized spacial score (nSPS) is 19.0. The van der Waals surface area contributed by atoms with Crippen molar-refractivity contribution in [1.29, 1.82) is 0 Å². The van der Waals surface area contributed by atoms with E-state index in [4.69, 9.17) is 4.74 Å². The molecule has 0 radical (unpaired) electrons. The molecule has 1 aromatic heterocycles. The van der Waals surface area contributed by atoms with Gasteiger partial charge >= 0.3 is 6.03 Å². The molecule has 1 aliphatic heterocycles. The first-order chi connectivity index (χ1) is 8.25. The van der Waals surface area contributed by atoms with Crippen LogP contribution < -0.4 is 10.6 Å². The molecular weight excluding hydrogens is 218 g/mol. The number of pyridine rings is 1. The summed E-state index contributed by atoms with van der Waals surface area (Å²) < 4.78 is 5.19. The third-order valence-electron chi connectivity index (χ3n) is 2.84. The van der Waals surface area contributed by atoms with Gasteiger partial charge in [-0.3, -0.25) is 4.98 Å². The van der Waals surface area contributed by atoms with Crippen LogP contribution in [0.4, 0.5) is 4.79 Å². The van der Waals surface area contributed by atoms with Crippen LogP contribution in [0, 0.1) is 6.92 Å². The smallest absolute Gasteiger partial charge is 0.315 e. The van der Waals surface area contributed by atoms with Gasteiger partial charge in [-0.2, -0.15) is 0 Å². The maximum Gasteiger partial charge on any atom is 0.315 e. The van der Waals surface area contributed by atoms with Gasteiger partial charge in [-0.1, -0.05) is 0 Å². The zero-order valence-corrected chi connectivity index (χ0v) is 9.90. The van der Waals surface area contributed by atoms with Crippen LogP contribution in [0.1, 0.15) is 17.5 Å². The summed E-state index contributed by atoms with van der Waals surface area (Å²) in [6.45, 7) is 3.84. The number of nitrogens with zero attached hydrogens (tertiary/aromatic N) is 1. The number of hydrogen-bond acceptors (Lipinski definition) is 3. The van der Waals surface area contributed by atoms with Crippen LogP contribution in [0.5, 0.6) is 0 Å². The summed E-state index contributed by atoms with van der Waals surface area (Å²) in [4.78, 5) is 15.6. The van der Waals surface area contributed by atoms with Crippen molar-refractivity contribution >= 4 is 6.03 Å². The Kier molecular flexibility index (Phi) is 3.93. The van der Waals surface area contributed by atoms with Crippen LogP contribution in [-0.4, -0.2) is 30.3 Å². The summed E-state index contributed by atoms with van der Waals surface area (Å²) in [5, 5.41) is 5.71. The molecule has 1 fully saturated rings. The molecule has 1 atom stereocenters. The molecule has 2 heterocycles. The SMILES string of the molecule is Cc1cnccc1CNC(=O)NC1CCOC1. The molecule has 0 spiro atoms. The minimum atomic E-state index is -0.142. The van der Waals surface area contributed by atoms with Gasteiger partial charge in [-0.05, 0) is 30.5 Å². The summed E-state index contributed by atoms with van der Waals surface area (Å²) in [5.74, 6) is 0. The number of carbonyl (C=O) groups is 1. The number of amides is 2. The third kappa shape index (κ3) is 3.42. The van der Waals surface area contributed by atoms with E-state index < -0.39 is 0 Å². The van der Waals surface area contributed by atoms with Gasteiger partial charge in [0.15, 0.2) is 0 Å². The van der Waals surface area contributed by atoms with E-state index in [1.165, 1.54) is 0 Å². The van der Waals surface area contributed by atoms with E-state index in [9.17, 15) is 4.79 Å². The standard InChI is InChI=1S/C12H17N3O2/c1-9-6-13-4-2-10(9)7-14-12(16)15-11-3-5-17-8-11/h2,4,6,11H,3,5,7-8H2,1H3,(H2,14,15,16). The highest BCUT2D eigenvalue weighted by molar-refractivity contribution is 5.74. The second-order valence-corrected chi connectivity index (χ2v) is 4.19. The number of nitrogens with one attached hydrogen (secondary N) is 2. The highest BCUT2D eigenvalue weighted by Crippen LogP contribution is 2.05. The Bertz CT molecular complexity index is 389. The Hall–Kier alpha value is -1.62. The lowest BCUT2D eigenvalue weighted by molar-refractivity contribution is 0.188. The molecule has 1 aromatic rings. The van der Waals surface area contributed by atoms with Crippen LogP contribution in [-0.2, 0) is 11.3 Å². The fourth-order valence-electron chi connectivity index (χ4n) is 1.76. The van der Waals surface area contributed by atoms with Gasteiger partial charge in [0.05, 0.1) is 12.6 Å². The number of ether oxygens (including phenoxy) is 1. The van der Waals surface area contributed by atoms with Gasteiger partial charge in [-0.25, -0.2) is 4.79 Å². The molecule has 0 saturated carbocycles. The number of hydrogen-bond donors (Lipinski definition) is 2. The Morgan fingerprint density at radius 3 is 3.24 bits per heavy atom. The molecule has 17 heavy (non-hydrogen) atoms. The van der Waals surface area contributed by atoms with Crippen LogP contribution in [0.2, 0.25) is 0 Å². The van der Waals surface area contributed by atoms with E-state index in [1.54, 1.807) is 12.4 Å². The second-order valence-electron chi connectivity index (χ2n) is 4.19. The van der Waals surface area contributed by atoms with Crippen LogP contribution in [0.15, 0.2) is 18.5 Å². The summed E-state index contributed by atoms with van der Waals surface area (Å²) in [6.07, 6.45) is 4.41. The molecule has 0 bridgehead atoms. The largest absolute Gasteiger partial charge is 0.379 e. The summed E-state index contributed by atoms with van der Waals surface area (Å²) >= 11 is 0. The van der Waals surface area contributed by atoms with E-state index in [1.807, 2.05) is 13.0 Å². The van der Waals surface area contributed by atoms with Crippen molar-refractivity contribution in [3.8, 4) is 0 Å². The van der Waals surface area contributed by atoms with Gasteiger partial charge in [0.1, 0.15) is 0 Å². The van der Waals surface area contributed by atoms with Crippen LogP contribution in [0.25, 0.3) is 0 Å². The van der Waals surface area contributed by atoms with Crippen molar-refractivity contribution in [1.82, 2.24) is 15.6 Å². The first kappa shape index (κ1) is 11.9.